The molecule has 0 atom stereocenters. The third-order valence-corrected chi connectivity index (χ3v) is 3.11. The van der Waals surface area contributed by atoms with E-state index in [0.29, 0.717) is 0 Å². The van der Waals surface area contributed by atoms with Crippen LogP contribution in [0.5, 0.6) is 0 Å². The smallest absolute Gasteiger partial charge is 0.329 e. The minimum absolute atomic E-state index is 0.0490. The summed E-state index contributed by atoms with van der Waals surface area (Å²) in [5.41, 5.74) is 2.99. The molecule has 7 nitrogen and oxygen atoms in total. The monoisotopic (exact) mass is 273 g/mol. The minimum atomic E-state index is -1.32. The summed E-state index contributed by atoms with van der Waals surface area (Å²) in [5, 5.41) is 11.7. The third kappa shape index (κ3) is 4.11. The molecule has 0 aromatic rings. The second-order valence-electron chi connectivity index (χ2n) is 5.52. The Labute approximate surface area is 113 Å². The van der Waals surface area contributed by atoms with Crippen molar-refractivity contribution in [3.63, 3.8) is 0 Å². The van der Waals surface area contributed by atoms with Crippen molar-refractivity contribution in [2.45, 2.75) is 40.2 Å². The fourth-order valence-electron chi connectivity index (χ4n) is 1.39. The number of rotatable bonds is 6. The zero-order chi connectivity index (χ0) is 15.4. The number of nitrogens with zero attached hydrogens (tertiary/aromatic N) is 1. The number of urea groups is 1. The molecule has 0 spiro atoms. The molecule has 3 amide bonds. The summed E-state index contributed by atoms with van der Waals surface area (Å²) in [7, 11) is 0. The van der Waals surface area contributed by atoms with Crippen LogP contribution in [-0.4, -0.2) is 46.5 Å². The van der Waals surface area contributed by atoms with Crippen molar-refractivity contribution in [1.82, 2.24) is 10.2 Å². The summed E-state index contributed by atoms with van der Waals surface area (Å²) >= 11 is 0. The summed E-state index contributed by atoms with van der Waals surface area (Å²) in [6, 6.07) is -0.538. The molecule has 0 aliphatic heterocycles. The molecule has 0 radical (unpaired) electrons. The van der Waals surface area contributed by atoms with E-state index in [2.05, 4.69) is 5.32 Å². The van der Waals surface area contributed by atoms with Crippen LogP contribution in [0.4, 0.5) is 4.79 Å². The predicted molar refractivity (Wildman–Crippen MR) is 70.5 cm³/mol. The van der Waals surface area contributed by atoms with E-state index in [1.165, 1.54) is 18.7 Å². The molecule has 0 fully saturated rings. The van der Waals surface area contributed by atoms with Crippen LogP contribution >= 0.6 is 0 Å². The van der Waals surface area contributed by atoms with Crippen LogP contribution < -0.4 is 11.1 Å². The van der Waals surface area contributed by atoms with E-state index in [1.807, 2.05) is 0 Å². The number of likely N-dealkylation sites (N-methyl/N-ethyl adjacent to an activating group) is 1. The lowest BCUT2D eigenvalue weighted by Gasteiger charge is -2.35. The molecule has 0 aromatic heterocycles. The van der Waals surface area contributed by atoms with Crippen LogP contribution in [0.1, 0.15) is 34.6 Å². The van der Waals surface area contributed by atoms with Gasteiger partial charge in [-0.1, -0.05) is 0 Å². The van der Waals surface area contributed by atoms with Crippen LogP contribution in [0.3, 0.4) is 0 Å². The highest BCUT2D eigenvalue weighted by atomic mass is 16.4. The van der Waals surface area contributed by atoms with Crippen LogP contribution in [-0.2, 0) is 9.59 Å². The highest BCUT2D eigenvalue weighted by Gasteiger charge is 2.37. The normalized spacial score (nSPS) is 11.8. The maximum atomic E-state index is 12.0. The van der Waals surface area contributed by atoms with Gasteiger partial charge < -0.3 is 21.1 Å². The molecule has 0 saturated heterocycles. The number of nitrogens with two attached hydrogens (primary N) is 1. The maximum absolute atomic E-state index is 12.0. The SMILES string of the molecule is CCN(C(=O)NCC(C)(C)C(N)=O)C(C)(C)C(=O)O. The van der Waals surface area contributed by atoms with Gasteiger partial charge in [-0.3, -0.25) is 4.79 Å². The van der Waals surface area contributed by atoms with Crippen molar-refractivity contribution in [3.8, 4) is 0 Å². The average molecular weight is 273 g/mol. The summed E-state index contributed by atoms with van der Waals surface area (Å²) in [6.07, 6.45) is 0. The van der Waals surface area contributed by atoms with E-state index in [0.717, 1.165) is 0 Å². The van der Waals surface area contributed by atoms with Crippen LogP contribution in [0.15, 0.2) is 0 Å². The second kappa shape index (κ2) is 5.90. The van der Waals surface area contributed by atoms with E-state index in [-0.39, 0.29) is 13.1 Å². The van der Waals surface area contributed by atoms with Gasteiger partial charge in [-0.25, -0.2) is 9.59 Å². The van der Waals surface area contributed by atoms with Crippen molar-refractivity contribution >= 4 is 17.9 Å². The van der Waals surface area contributed by atoms with Gasteiger partial charge in [0, 0.05) is 13.1 Å². The molecule has 0 heterocycles. The Hall–Kier alpha value is -1.79. The largest absolute Gasteiger partial charge is 0.480 e. The summed E-state index contributed by atoms with van der Waals surface area (Å²) in [5.74, 6) is -1.63. The standard InChI is InChI=1S/C12H23N3O4/c1-6-15(12(4,5)9(17)18)10(19)14-7-11(2,3)8(13)16/h6-7H2,1-5H3,(H2,13,16)(H,14,19)(H,17,18). The van der Waals surface area contributed by atoms with Gasteiger partial charge in [0.25, 0.3) is 0 Å². The molecule has 4 N–H and O–H groups in total. The van der Waals surface area contributed by atoms with Gasteiger partial charge in [-0.15, -0.1) is 0 Å². The molecule has 0 rings (SSSR count). The Balaban J connectivity index is 4.82. The van der Waals surface area contributed by atoms with Crippen molar-refractivity contribution in [1.29, 1.82) is 0 Å². The van der Waals surface area contributed by atoms with Gasteiger partial charge in [0.05, 0.1) is 5.41 Å². The lowest BCUT2D eigenvalue weighted by Crippen LogP contribution is -2.57. The van der Waals surface area contributed by atoms with Crippen LogP contribution in [0.25, 0.3) is 0 Å². The lowest BCUT2D eigenvalue weighted by atomic mass is 9.93. The molecule has 0 aliphatic carbocycles. The average Bonchev–Trinajstić information content (AvgIpc) is 2.26. The molecular weight excluding hydrogens is 250 g/mol. The van der Waals surface area contributed by atoms with Crippen molar-refractivity contribution in [3.05, 3.63) is 0 Å². The zero-order valence-electron chi connectivity index (χ0n) is 12.1. The molecule has 0 bridgehead atoms. The molecule has 0 saturated carbocycles. The summed E-state index contributed by atoms with van der Waals surface area (Å²) in [4.78, 5) is 35.5. The highest BCUT2D eigenvalue weighted by Crippen LogP contribution is 2.16. The lowest BCUT2D eigenvalue weighted by molar-refractivity contribution is -0.147. The van der Waals surface area contributed by atoms with Gasteiger partial charge in [0.15, 0.2) is 0 Å². The number of nitrogens with one attached hydrogen (secondary N) is 1. The molecule has 19 heavy (non-hydrogen) atoms. The molecule has 0 unspecified atom stereocenters. The van der Waals surface area contributed by atoms with E-state index in [9.17, 15) is 14.4 Å². The Kier molecular flexibility index (Phi) is 5.34. The first-order chi connectivity index (χ1) is 8.46. The van der Waals surface area contributed by atoms with Gasteiger partial charge in [0.2, 0.25) is 5.91 Å². The van der Waals surface area contributed by atoms with Gasteiger partial charge in [-0.05, 0) is 34.6 Å². The number of carbonyl (C=O) groups is 3. The number of amides is 3. The first-order valence-corrected chi connectivity index (χ1v) is 6.05. The Morgan fingerprint density at radius 2 is 1.68 bits per heavy atom. The van der Waals surface area contributed by atoms with Gasteiger partial charge in [0.1, 0.15) is 5.54 Å². The van der Waals surface area contributed by atoms with Crippen LogP contribution in [0, 0.1) is 5.41 Å². The number of hydrogen-bond donors (Lipinski definition) is 3. The molecule has 0 aromatic carbocycles. The quantitative estimate of drug-likeness (QED) is 0.649. The minimum Gasteiger partial charge on any atom is -0.480 e. The number of carboxylic acid groups (broad SMARTS) is 1. The van der Waals surface area contributed by atoms with E-state index >= 15 is 0 Å². The highest BCUT2D eigenvalue weighted by molar-refractivity contribution is 5.86. The number of primary amides is 1. The molecule has 110 valence electrons. The summed E-state index contributed by atoms with van der Waals surface area (Å²) in [6.45, 7) is 8.07. The molecule has 0 aliphatic rings. The van der Waals surface area contributed by atoms with Gasteiger partial charge in [-0.2, -0.15) is 0 Å². The number of hydrogen-bond acceptors (Lipinski definition) is 3. The number of aliphatic carboxylic acids is 1. The fourth-order valence-corrected chi connectivity index (χ4v) is 1.39. The predicted octanol–water partition coefficient (Wildman–Crippen LogP) is 0.393. The maximum Gasteiger partial charge on any atom is 0.329 e. The molecular formula is C12H23N3O4. The third-order valence-electron chi connectivity index (χ3n) is 3.11. The van der Waals surface area contributed by atoms with Crippen LogP contribution in [0.2, 0.25) is 0 Å². The molecule has 7 heteroatoms. The number of carbonyl (C=O) groups excluding carboxylic acids is 2. The fraction of sp³-hybridized carbons (Fsp3) is 0.750. The topological polar surface area (TPSA) is 113 Å². The van der Waals surface area contributed by atoms with E-state index < -0.39 is 28.9 Å². The van der Waals surface area contributed by atoms with E-state index in [1.54, 1.807) is 20.8 Å². The Morgan fingerprint density at radius 3 is 2.00 bits per heavy atom. The van der Waals surface area contributed by atoms with Crippen molar-refractivity contribution in [2.75, 3.05) is 13.1 Å². The first-order valence-electron chi connectivity index (χ1n) is 6.05. The van der Waals surface area contributed by atoms with Gasteiger partial charge >= 0.3 is 12.0 Å². The van der Waals surface area contributed by atoms with Crippen molar-refractivity contribution < 1.29 is 19.5 Å². The Morgan fingerprint density at radius 1 is 1.21 bits per heavy atom. The zero-order valence-corrected chi connectivity index (χ0v) is 12.1. The first kappa shape index (κ1) is 17.2. The number of carboxylic acids is 1. The Bertz CT molecular complexity index is 377. The van der Waals surface area contributed by atoms with Crippen molar-refractivity contribution in [2.24, 2.45) is 11.1 Å². The van der Waals surface area contributed by atoms with E-state index in [4.69, 9.17) is 10.8 Å². The second-order valence-corrected chi connectivity index (χ2v) is 5.52. The summed E-state index contributed by atoms with van der Waals surface area (Å²) < 4.78 is 0.